The van der Waals surface area contributed by atoms with Gasteiger partial charge in [-0.05, 0) is 11.6 Å². The van der Waals surface area contributed by atoms with Gasteiger partial charge < -0.3 is 5.11 Å². The Balaban J connectivity index is 2.74. The molecule has 0 aromatic rings. The first-order chi connectivity index (χ1) is 5.59. The van der Waals surface area contributed by atoms with Crippen LogP contribution in [-0.4, -0.2) is 16.9 Å². The van der Waals surface area contributed by atoms with Crippen LogP contribution in [0, 0.1) is 0 Å². The molecule has 4 heteroatoms. The predicted octanol–water partition coefficient (Wildman–Crippen LogP) is 1.64. The number of halogens is 1. The average molecular weight is 231 g/mol. The van der Waals surface area contributed by atoms with Crippen LogP contribution in [0.3, 0.4) is 0 Å². The Bertz CT molecular complexity index is 289. The van der Waals surface area contributed by atoms with E-state index in [0.29, 0.717) is 16.5 Å². The van der Waals surface area contributed by atoms with Crippen LogP contribution in [0.4, 0.5) is 0 Å². The van der Waals surface area contributed by atoms with Gasteiger partial charge in [-0.1, -0.05) is 22.0 Å². The fourth-order valence-electron chi connectivity index (χ4n) is 0.934. The summed E-state index contributed by atoms with van der Waals surface area (Å²) in [7, 11) is 0. The number of hydrogen-bond acceptors (Lipinski definition) is 2. The van der Waals surface area contributed by atoms with Crippen LogP contribution in [-0.2, 0) is 9.59 Å². The molecule has 0 fully saturated rings. The highest BCUT2D eigenvalue weighted by Crippen LogP contribution is 2.24. The Morgan fingerprint density at radius 3 is 2.83 bits per heavy atom. The highest BCUT2D eigenvalue weighted by molar-refractivity contribution is 9.12. The maximum Gasteiger partial charge on any atom is 0.307 e. The number of carbonyl (C=O) groups excluding carboxylic acids is 1. The minimum atomic E-state index is -0.888. The van der Waals surface area contributed by atoms with E-state index in [1.165, 1.54) is 6.08 Å². The number of carboxylic acid groups (broad SMARTS) is 1. The van der Waals surface area contributed by atoms with Crippen LogP contribution in [0.15, 0.2) is 22.2 Å². The molecule has 0 bridgehead atoms. The Kier molecular flexibility index (Phi) is 2.81. The minimum Gasteiger partial charge on any atom is -0.481 e. The Morgan fingerprint density at radius 2 is 2.33 bits per heavy atom. The van der Waals surface area contributed by atoms with Crippen LogP contribution >= 0.6 is 15.9 Å². The van der Waals surface area contributed by atoms with Crippen LogP contribution in [0.5, 0.6) is 0 Å². The molecule has 0 radical (unpaired) electrons. The van der Waals surface area contributed by atoms with Crippen LogP contribution in [0.2, 0.25) is 0 Å². The molecule has 12 heavy (non-hydrogen) atoms. The molecule has 0 saturated heterocycles. The van der Waals surface area contributed by atoms with Gasteiger partial charge in [0, 0.05) is 10.9 Å². The molecule has 1 rings (SSSR count). The Labute approximate surface area is 77.9 Å². The lowest BCUT2D eigenvalue weighted by Crippen LogP contribution is -2.04. The summed E-state index contributed by atoms with van der Waals surface area (Å²) in [5, 5.41) is 8.48. The fourth-order valence-corrected chi connectivity index (χ4v) is 1.49. The topological polar surface area (TPSA) is 54.4 Å². The second-order valence-corrected chi connectivity index (χ2v) is 3.32. The van der Waals surface area contributed by atoms with Crippen LogP contribution in [0.25, 0.3) is 0 Å². The van der Waals surface area contributed by atoms with Gasteiger partial charge >= 0.3 is 5.97 Å². The van der Waals surface area contributed by atoms with Crippen molar-refractivity contribution in [3.05, 3.63) is 22.2 Å². The first-order valence-corrected chi connectivity index (χ1v) is 4.20. The quantitative estimate of drug-likeness (QED) is 0.785. The van der Waals surface area contributed by atoms with Crippen molar-refractivity contribution in [3.63, 3.8) is 0 Å². The normalized spacial score (nSPS) is 16.9. The summed E-state index contributed by atoms with van der Waals surface area (Å²) in [5.74, 6) is -0.892. The molecular weight excluding hydrogens is 224 g/mol. The summed E-state index contributed by atoms with van der Waals surface area (Å²) in [5.41, 5.74) is 0.669. The summed E-state index contributed by atoms with van der Waals surface area (Å²) in [6.07, 6.45) is 3.32. The third-order valence-electron chi connectivity index (χ3n) is 1.49. The number of ketones is 1. The van der Waals surface area contributed by atoms with Gasteiger partial charge in [0.15, 0.2) is 5.78 Å². The maximum atomic E-state index is 10.8. The van der Waals surface area contributed by atoms with Gasteiger partial charge in [-0.25, -0.2) is 0 Å². The minimum absolute atomic E-state index is 0.00369. The number of hydrogen-bond donors (Lipinski definition) is 1. The predicted molar refractivity (Wildman–Crippen MR) is 47.0 cm³/mol. The second-order valence-electron chi connectivity index (χ2n) is 2.46. The molecule has 0 amide bonds. The van der Waals surface area contributed by atoms with E-state index in [0.717, 1.165) is 0 Å². The van der Waals surface area contributed by atoms with Gasteiger partial charge in [-0.2, -0.15) is 0 Å². The molecule has 0 aromatic heterocycles. The Hall–Kier alpha value is -0.900. The van der Waals surface area contributed by atoms with Crippen molar-refractivity contribution in [1.82, 2.24) is 0 Å². The monoisotopic (exact) mass is 230 g/mol. The molecule has 1 aliphatic rings. The third kappa shape index (κ3) is 2.30. The van der Waals surface area contributed by atoms with E-state index in [9.17, 15) is 9.59 Å². The Morgan fingerprint density at radius 1 is 1.67 bits per heavy atom. The fraction of sp³-hybridized carbons (Fsp3) is 0.250. The van der Waals surface area contributed by atoms with Crippen molar-refractivity contribution in [2.45, 2.75) is 12.8 Å². The number of aliphatic carboxylic acids is 1. The molecule has 0 aromatic carbocycles. The summed E-state index contributed by atoms with van der Waals surface area (Å²) in [6.45, 7) is 0. The van der Waals surface area contributed by atoms with Gasteiger partial charge in [-0.3, -0.25) is 9.59 Å². The third-order valence-corrected chi connectivity index (χ3v) is 2.22. The van der Waals surface area contributed by atoms with E-state index in [1.807, 2.05) is 0 Å². The van der Waals surface area contributed by atoms with Crippen LogP contribution in [0.1, 0.15) is 12.8 Å². The van der Waals surface area contributed by atoms with Crippen molar-refractivity contribution in [1.29, 1.82) is 0 Å². The number of carbonyl (C=O) groups is 2. The van der Waals surface area contributed by atoms with Gasteiger partial charge in [0.1, 0.15) is 0 Å². The largest absolute Gasteiger partial charge is 0.481 e. The number of rotatable bonds is 2. The van der Waals surface area contributed by atoms with E-state index < -0.39 is 5.97 Å². The molecule has 0 aliphatic heterocycles. The van der Waals surface area contributed by atoms with E-state index in [4.69, 9.17) is 5.11 Å². The first kappa shape index (κ1) is 9.19. The zero-order chi connectivity index (χ0) is 9.14. The molecule has 64 valence electrons. The standard InChI is InChI=1S/C8H7BrO3/c9-7-4-6(10)2-1-5(7)3-8(11)12/h1,4H,2-3H2,(H,11,12). The zero-order valence-corrected chi connectivity index (χ0v) is 7.80. The van der Waals surface area contributed by atoms with Gasteiger partial charge in [0.25, 0.3) is 0 Å². The lowest BCUT2D eigenvalue weighted by Gasteiger charge is -2.07. The van der Waals surface area contributed by atoms with Crippen LogP contribution < -0.4 is 0 Å². The highest BCUT2D eigenvalue weighted by atomic mass is 79.9. The van der Waals surface area contributed by atoms with Gasteiger partial charge in [-0.15, -0.1) is 0 Å². The van der Waals surface area contributed by atoms with E-state index in [2.05, 4.69) is 15.9 Å². The smallest absolute Gasteiger partial charge is 0.307 e. The van der Waals surface area contributed by atoms with Crippen molar-refractivity contribution < 1.29 is 14.7 Å². The van der Waals surface area contributed by atoms with Crippen molar-refractivity contribution >= 4 is 27.7 Å². The molecule has 3 nitrogen and oxygen atoms in total. The van der Waals surface area contributed by atoms with Crippen molar-refractivity contribution in [2.24, 2.45) is 0 Å². The summed E-state index contributed by atoms with van der Waals surface area (Å²) in [4.78, 5) is 21.1. The van der Waals surface area contributed by atoms with Gasteiger partial charge in [0.2, 0.25) is 0 Å². The van der Waals surface area contributed by atoms with E-state index >= 15 is 0 Å². The van der Waals surface area contributed by atoms with Gasteiger partial charge in [0.05, 0.1) is 6.42 Å². The molecule has 0 spiro atoms. The van der Waals surface area contributed by atoms with Crippen molar-refractivity contribution in [2.75, 3.05) is 0 Å². The molecule has 1 N–H and O–H groups in total. The first-order valence-electron chi connectivity index (χ1n) is 3.41. The zero-order valence-electron chi connectivity index (χ0n) is 6.21. The summed E-state index contributed by atoms with van der Waals surface area (Å²) < 4.78 is 0.584. The van der Waals surface area contributed by atoms with Crippen molar-refractivity contribution in [3.8, 4) is 0 Å². The lowest BCUT2D eigenvalue weighted by atomic mass is 10.0. The average Bonchev–Trinajstić information content (AvgIpc) is 1.94. The summed E-state index contributed by atoms with van der Waals surface area (Å²) in [6, 6.07) is 0. The summed E-state index contributed by atoms with van der Waals surface area (Å²) >= 11 is 3.13. The SMILES string of the molecule is O=C(O)CC1=CCC(=O)C=C1Br. The molecule has 0 heterocycles. The van der Waals surface area contributed by atoms with E-state index in [-0.39, 0.29) is 12.2 Å². The molecule has 0 unspecified atom stereocenters. The molecule has 0 atom stereocenters. The second kappa shape index (κ2) is 3.67. The lowest BCUT2D eigenvalue weighted by molar-refractivity contribution is -0.136. The molecular formula is C8H7BrO3. The molecule has 0 saturated carbocycles. The highest BCUT2D eigenvalue weighted by Gasteiger charge is 2.13. The number of carboxylic acids is 1. The maximum absolute atomic E-state index is 10.8. The number of allylic oxidation sites excluding steroid dienone is 3. The molecule has 1 aliphatic carbocycles. The van der Waals surface area contributed by atoms with E-state index in [1.54, 1.807) is 6.08 Å².